The van der Waals surface area contributed by atoms with Crippen LogP contribution in [0.15, 0.2) is 84.3 Å². The van der Waals surface area contributed by atoms with Gasteiger partial charge in [0.2, 0.25) is 11.8 Å². The SMILES string of the molecule is CC(C)N(C(=O)C(Cc1cccc(F)c1)C(=O)NS(=O)(=O)C=Cc1ccccc1)c1ccc(F)cc1. The number of nitrogens with zero attached hydrogens (tertiary/aromatic N) is 1. The molecule has 0 saturated carbocycles. The van der Waals surface area contributed by atoms with Crippen molar-refractivity contribution in [3.63, 3.8) is 0 Å². The summed E-state index contributed by atoms with van der Waals surface area (Å²) < 4.78 is 54.4. The smallest absolute Gasteiger partial charge is 0.257 e. The molecule has 3 aromatic carbocycles. The Morgan fingerprint density at radius 2 is 1.58 bits per heavy atom. The lowest BCUT2D eigenvalue weighted by Gasteiger charge is -2.30. The van der Waals surface area contributed by atoms with E-state index in [1.807, 2.05) is 4.72 Å². The molecule has 1 N–H and O–H groups in total. The number of carbonyl (C=O) groups is 2. The summed E-state index contributed by atoms with van der Waals surface area (Å²) in [6.07, 6.45) is 1.07. The highest BCUT2D eigenvalue weighted by atomic mass is 32.2. The molecule has 0 aromatic heterocycles. The molecule has 9 heteroatoms. The number of carbonyl (C=O) groups excluding carboxylic acids is 2. The van der Waals surface area contributed by atoms with Gasteiger partial charge in [0.25, 0.3) is 10.0 Å². The van der Waals surface area contributed by atoms with E-state index in [-0.39, 0.29) is 6.42 Å². The molecule has 0 aliphatic heterocycles. The molecule has 1 atom stereocenters. The minimum absolute atomic E-state index is 0.245. The van der Waals surface area contributed by atoms with E-state index in [1.54, 1.807) is 44.2 Å². The summed E-state index contributed by atoms with van der Waals surface area (Å²) in [5.41, 5.74) is 1.27. The third-order valence-electron chi connectivity index (χ3n) is 5.28. The molecule has 0 heterocycles. The van der Waals surface area contributed by atoms with Gasteiger partial charge in [-0.15, -0.1) is 0 Å². The number of anilines is 1. The van der Waals surface area contributed by atoms with Gasteiger partial charge in [0.15, 0.2) is 0 Å². The van der Waals surface area contributed by atoms with Crippen molar-refractivity contribution in [2.75, 3.05) is 4.90 Å². The number of nitrogens with one attached hydrogen (secondary N) is 1. The van der Waals surface area contributed by atoms with Crippen LogP contribution in [0.4, 0.5) is 14.5 Å². The molecular formula is C27H26F2N2O4S. The Balaban J connectivity index is 1.93. The maximum absolute atomic E-state index is 13.8. The summed E-state index contributed by atoms with van der Waals surface area (Å²) in [6, 6.07) is 18.7. The molecule has 188 valence electrons. The van der Waals surface area contributed by atoms with Gasteiger partial charge in [0.05, 0.1) is 5.41 Å². The van der Waals surface area contributed by atoms with Crippen molar-refractivity contribution in [2.45, 2.75) is 26.3 Å². The van der Waals surface area contributed by atoms with E-state index in [0.29, 0.717) is 16.8 Å². The van der Waals surface area contributed by atoms with Crippen molar-refractivity contribution in [3.8, 4) is 0 Å². The summed E-state index contributed by atoms with van der Waals surface area (Å²) in [4.78, 5) is 28.1. The predicted molar refractivity (Wildman–Crippen MR) is 135 cm³/mol. The van der Waals surface area contributed by atoms with Gasteiger partial charge in [-0.3, -0.25) is 9.59 Å². The molecule has 1 unspecified atom stereocenters. The van der Waals surface area contributed by atoms with Crippen molar-refractivity contribution in [1.29, 1.82) is 0 Å². The second-order valence-electron chi connectivity index (χ2n) is 8.39. The normalized spacial score (nSPS) is 12.5. The van der Waals surface area contributed by atoms with Crippen molar-refractivity contribution in [3.05, 3.63) is 107 Å². The van der Waals surface area contributed by atoms with E-state index in [0.717, 1.165) is 5.41 Å². The maximum Gasteiger partial charge on any atom is 0.257 e. The lowest BCUT2D eigenvalue weighted by atomic mass is 9.96. The van der Waals surface area contributed by atoms with E-state index in [9.17, 15) is 26.8 Å². The van der Waals surface area contributed by atoms with Gasteiger partial charge in [0.1, 0.15) is 17.6 Å². The lowest BCUT2D eigenvalue weighted by Crippen LogP contribution is -2.48. The third kappa shape index (κ3) is 7.32. The molecule has 0 fully saturated rings. The number of sulfonamides is 1. The van der Waals surface area contributed by atoms with Crippen LogP contribution in [0.3, 0.4) is 0 Å². The van der Waals surface area contributed by atoms with E-state index < -0.39 is 45.4 Å². The van der Waals surface area contributed by atoms with Crippen LogP contribution in [-0.2, 0) is 26.0 Å². The number of amides is 2. The largest absolute Gasteiger partial charge is 0.309 e. The maximum atomic E-state index is 13.8. The van der Waals surface area contributed by atoms with Gasteiger partial charge in [-0.1, -0.05) is 42.5 Å². The highest BCUT2D eigenvalue weighted by Gasteiger charge is 2.34. The van der Waals surface area contributed by atoms with E-state index in [2.05, 4.69) is 0 Å². The zero-order valence-electron chi connectivity index (χ0n) is 19.8. The fourth-order valence-corrected chi connectivity index (χ4v) is 4.45. The number of hydrogen-bond donors (Lipinski definition) is 1. The first kappa shape index (κ1) is 26.7. The summed E-state index contributed by atoms with van der Waals surface area (Å²) in [5, 5.41) is 0.837. The summed E-state index contributed by atoms with van der Waals surface area (Å²) >= 11 is 0. The van der Waals surface area contributed by atoms with Gasteiger partial charge in [-0.05, 0) is 73.9 Å². The molecule has 6 nitrogen and oxygen atoms in total. The number of hydrogen-bond acceptors (Lipinski definition) is 4. The fourth-order valence-electron chi connectivity index (χ4n) is 3.62. The summed E-state index contributed by atoms with van der Waals surface area (Å²) in [7, 11) is -4.25. The Bertz CT molecular complexity index is 1340. The van der Waals surface area contributed by atoms with Crippen molar-refractivity contribution < 1.29 is 26.8 Å². The van der Waals surface area contributed by atoms with E-state index in [4.69, 9.17) is 0 Å². The number of rotatable bonds is 9. The Kier molecular flexibility index (Phi) is 8.71. The van der Waals surface area contributed by atoms with Crippen LogP contribution in [0, 0.1) is 17.6 Å². The molecule has 3 aromatic rings. The zero-order valence-corrected chi connectivity index (χ0v) is 20.6. The van der Waals surface area contributed by atoms with Crippen LogP contribution >= 0.6 is 0 Å². The molecule has 0 radical (unpaired) electrons. The Hall–Kier alpha value is -3.85. The first-order chi connectivity index (χ1) is 17.1. The van der Waals surface area contributed by atoms with Crippen LogP contribution in [0.1, 0.15) is 25.0 Å². The van der Waals surface area contributed by atoms with E-state index >= 15 is 0 Å². The second kappa shape index (κ2) is 11.7. The quantitative estimate of drug-likeness (QED) is 0.422. The number of benzene rings is 3. The Labute approximate surface area is 209 Å². The zero-order chi connectivity index (χ0) is 26.3. The predicted octanol–water partition coefficient (Wildman–Crippen LogP) is 4.68. The van der Waals surface area contributed by atoms with Crippen molar-refractivity contribution in [1.82, 2.24) is 4.72 Å². The van der Waals surface area contributed by atoms with Crippen LogP contribution in [0.25, 0.3) is 6.08 Å². The average molecular weight is 513 g/mol. The standard InChI is InChI=1S/C27H26F2N2O4S/c1-19(2)31(24-13-11-22(28)12-14-24)27(33)25(18-21-9-6-10-23(29)17-21)26(32)30-36(34,35)16-15-20-7-4-3-5-8-20/h3-17,19,25H,18H2,1-2H3,(H,30,32). The first-order valence-corrected chi connectivity index (χ1v) is 12.7. The molecule has 0 aliphatic rings. The van der Waals surface area contributed by atoms with Crippen molar-refractivity contribution >= 4 is 33.6 Å². The first-order valence-electron chi connectivity index (χ1n) is 11.2. The molecular weight excluding hydrogens is 486 g/mol. The molecule has 0 saturated heterocycles. The number of halogens is 2. The van der Waals surface area contributed by atoms with Crippen LogP contribution < -0.4 is 9.62 Å². The van der Waals surface area contributed by atoms with Gasteiger partial charge in [-0.2, -0.15) is 0 Å². The van der Waals surface area contributed by atoms with Crippen LogP contribution in [-0.4, -0.2) is 26.3 Å². The molecule has 3 rings (SSSR count). The van der Waals surface area contributed by atoms with Gasteiger partial charge >= 0.3 is 0 Å². The lowest BCUT2D eigenvalue weighted by molar-refractivity contribution is -0.132. The monoisotopic (exact) mass is 512 g/mol. The highest BCUT2D eigenvalue weighted by Crippen LogP contribution is 2.23. The highest BCUT2D eigenvalue weighted by molar-refractivity contribution is 7.93. The third-order valence-corrected chi connectivity index (χ3v) is 6.26. The van der Waals surface area contributed by atoms with Crippen LogP contribution in [0.5, 0.6) is 0 Å². The summed E-state index contributed by atoms with van der Waals surface area (Å²) in [6.45, 7) is 3.41. The molecule has 0 bridgehead atoms. The summed E-state index contributed by atoms with van der Waals surface area (Å²) in [5.74, 6) is -4.33. The topological polar surface area (TPSA) is 83.6 Å². The second-order valence-corrected chi connectivity index (χ2v) is 9.96. The van der Waals surface area contributed by atoms with Gasteiger partial charge in [-0.25, -0.2) is 21.9 Å². The Morgan fingerprint density at radius 1 is 0.917 bits per heavy atom. The average Bonchev–Trinajstić information content (AvgIpc) is 2.83. The molecule has 2 amide bonds. The molecule has 0 aliphatic carbocycles. The van der Waals surface area contributed by atoms with Crippen LogP contribution in [0.2, 0.25) is 0 Å². The minimum atomic E-state index is -4.25. The minimum Gasteiger partial charge on any atom is -0.309 e. The fraction of sp³-hybridized carbons (Fsp3) is 0.185. The van der Waals surface area contributed by atoms with Gasteiger partial charge < -0.3 is 4.90 Å². The molecule has 0 spiro atoms. The Morgan fingerprint density at radius 3 is 2.19 bits per heavy atom. The van der Waals surface area contributed by atoms with E-state index in [1.165, 1.54) is 59.5 Å². The van der Waals surface area contributed by atoms with Crippen molar-refractivity contribution in [2.24, 2.45) is 5.92 Å². The molecule has 36 heavy (non-hydrogen) atoms. The van der Waals surface area contributed by atoms with Gasteiger partial charge in [0, 0.05) is 11.7 Å².